The summed E-state index contributed by atoms with van der Waals surface area (Å²) in [4.78, 5) is 52.3. The molecule has 5 aromatic carbocycles. The number of carbonyl (C=O) groups excluding carboxylic acids is 4. The van der Waals surface area contributed by atoms with Crippen molar-refractivity contribution < 1.29 is 19.2 Å². The molecule has 0 aliphatic carbocycles. The van der Waals surface area contributed by atoms with Gasteiger partial charge in [-0.15, -0.1) is 11.8 Å². The largest absolute Gasteiger partial charge is 0.325 e. The molecule has 0 saturated heterocycles. The molecular weight excluding hydrogens is 674 g/mol. The van der Waals surface area contributed by atoms with Crippen LogP contribution in [0.3, 0.4) is 0 Å². The molecule has 3 amide bonds. The number of hydrogen-bond donors (Lipinski definition) is 3. The zero-order chi connectivity index (χ0) is 33.2. The number of thioether (sulfide) groups is 1. The molecule has 47 heavy (non-hydrogen) atoms. The molecule has 234 valence electrons. The summed E-state index contributed by atoms with van der Waals surface area (Å²) < 4.78 is 0.835. The summed E-state index contributed by atoms with van der Waals surface area (Å²) >= 11 is 4.81. The first-order valence-electron chi connectivity index (χ1n) is 14.6. The van der Waals surface area contributed by atoms with E-state index in [2.05, 4.69) is 31.9 Å². The van der Waals surface area contributed by atoms with E-state index < -0.39 is 17.1 Å². The maximum Gasteiger partial charge on any atom is 0.272 e. The van der Waals surface area contributed by atoms with E-state index in [1.807, 2.05) is 72.8 Å². The minimum Gasteiger partial charge on any atom is -0.325 e. The summed E-state index contributed by atoms with van der Waals surface area (Å²) in [7, 11) is 0. The number of benzene rings is 5. The van der Waals surface area contributed by atoms with Crippen molar-refractivity contribution in [2.45, 2.75) is 17.1 Å². The van der Waals surface area contributed by atoms with E-state index in [-0.39, 0.29) is 17.4 Å². The van der Waals surface area contributed by atoms with Gasteiger partial charge in [-0.1, -0.05) is 76.6 Å². The lowest BCUT2D eigenvalue weighted by atomic mass is 10.1. The van der Waals surface area contributed by atoms with Crippen molar-refractivity contribution in [2.75, 3.05) is 10.6 Å². The van der Waals surface area contributed by atoms with E-state index >= 15 is 0 Å². The summed E-state index contributed by atoms with van der Waals surface area (Å²) in [5, 5.41) is 8.00. The van der Waals surface area contributed by atoms with Crippen LogP contribution in [0.25, 0.3) is 6.08 Å². The molecule has 0 spiro atoms. The molecule has 0 radical (unpaired) electrons. The summed E-state index contributed by atoms with van der Waals surface area (Å²) in [6.07, 6.45) is 1.61. The van der Waals surface area contributed by atoms with Gasteiger partial charge < -0.3 is 16.0 Å². The first-order valence-corrected chi connectivity index (χ1v) is 16.3. The lowest BCUT2D eigenvalue weighted by Crippen LogP contribution is -2.30. The lowest BCUT2D eigenvalue weighted by Gasteiger charge is -2.18. The average molecular weight is 705 g/mol. The van der Waals surface area contributed by atoms with E-state index in [0.29, 0.717) is 22.5 Å². The van der Waals surface area contributed by atoms with E-state index in [1.165, 1.54) is 18.7 Å². The maximum absolute atomic E-state index is 13.5. The minimum atomic E-state index is -0.572. The Bertz CT molecular complexity index is 1910. The van der Waals surface area contributed by atoms with Crippen molar-refractivity contribution in [3.63, 3.8) is 0 Å². The Hall–Kier alpha value is -5.25. The van der Waals surface area contributed by atoms with Gasteiger partial charge in [0, 0.05) is 31.9 Å². The quantitative estimate of drug-likeness (QED) is 0.0727. The van der Waals surface area contributed by atoms with Crippen LogP contribution in [-0.4, -0.2) is 23.5 Å². The third kappa shape index (κ3) is 9.38. The normalized spacial score (nSPS) is 11.7. The van der Waals surface area contributed by atoms with Gasteiger partial charge in [0.2, 0.25) is 5.91 Å². The second-order valence-electron chi connectivity index (χ2n) is 10.4. The lowest BCUT2D eigenvalue weighted by molar-refractivity contribution is -0.116. The van der Waals surface area contributed by atoms with Crippen LogP contribution < -0.4 is 16.0 Å². The van der Waals surface area contributed by atoms with Crippen LogP contribution in [0.4, 0.5) is 11.4 Å². The van der Waals surface area contributed by atoms with Crippen molar-refractivity contribution in [1.29, 1.82) is 0 Å². The van der Waals surface area contributed by atoms with Gasteiger partial charge >= 0.3 is 0 Å². The molecule has 9 heteroatoms. The second kappa shape index (κ2) is 15.8. The molecule has 3 N–H and O–H groups in total. The third-order valence-corrected chi connectivity index (χ3v) is 8.71. The molecule has 5 rings (SSSR count). The van der Waals surface area contributed by atoms with Crippen LogP contribution >= 0.6 is 27.7 Å². The fraction of sp³-hybridized carbons (Fsp3) is 0.0526. The highest BCUT2D eigenvalue weighted by molar-refractivity contribution is 9.10. The van der Waals surface area contributed by atoms with Crippen LogP contribution in [0.2, 0.25) is 0 Å². The molecule has 0 saturated carbocycles. The number of amides is 3. The topological polar surface area (TPSA) is 104 Å². The number of hydrogen-bond acceptors (Lipinski definition) is 5. The zero-order valence-corrected chi connectivity index (χ0v) is 27.7. The van der Waals surface area contributed by atoms with Crippen LogP contribution in [-0.2, 0) is 9.59 Å². The standard InChI is InChI=1S/C38H30BrN3O4S/c1-25(43)27-15-17-31(18-16-27)41-38(46)35(28-10-4-2-5-11-28)47-33-21-19-32(20-22-33)40-37(45)34(24-26-9-8-14-30(39)23-26)42-36(44)29-12-6-3-7-13-29/h2-24,35H,1H3,(H,40,45)(H,41,46)(H,42,44)/b34-24-. The molecule has 0 aromatic heterocycles. The highest BCUT2D eigenvalue weighted by Gasteiger charge is 2.23. The molecule has 0 fully saturated rings. The number of Topliss-reactive ketones (excluding diaryl/α,β-unsaturated/α-hetero) is 1. The van der Waals surface area contributed by atoms with Gasteiger partial charge in [-0.05, 0) is 96.9 Å². The molecule has 0 aliphatic rings. The SMILES string of the molecule is CC(=O)c1ccc(NC(=O)C(Sc2ccc(NC(=O)/C(=C/c3cccc(Br)c3)NC(=O)c3ccccc3)cc2)c2ccccc2)cc1. The fourth-order valence-corrected chi connectivity index (χ4v) is 6.00. The molecule has 7 nitrogen and oxygen atoms in total. The number of rotatable bonds is 11. The van der Waals surface area contributed by atoms with Gasteiger partial charge in [0.05, 0.1) is 0 Å². The molecular formula is C38H30BrN3O4S. The number of anilines is 2. The Kier molecular flexibility index (Phi) is 11.2. The highest BCUT2D eigenvalue weighted by Crippen LogP contribution is 2.37. The molecule has 0 heterocycles. The van der Waals surface area contributed by atoms with E-state index in [0.717, 1.165) is 20.5 Å². The van der Waals surface area contributed by atoms with Gasteiger partial charge in [0.1, 0.15) is 10.9 Å². The molecule has 0 aliphatic heterocycles. The van der Waals surface area contributed by atoms with Crippen LogP contribution in [0.15, 0.2) is 149 Å². The van der Waals surface area contributed by atoms with E-state index in [4.69, 9.17) is 0 Å². The average Bonchev–Trinajstić information content (AvgIpc) is 3.08. The van der Waals surface area contributed by atoms with Gasteiger partial charge in [-0.2, -0.15) is 0 Å². The Labute approximate surface area is 285 Å². The molecule has 1 atom stereocenters. The van der Waals surface area contributed by atoms with Crippen molar-refractivity contribution >= 4 is 68.6 Å². The molecule has 5 aromatic rings. The molecule has 0 bridgehead atoms. The fourth-order valence-electron chi connectivity index (χ4n) is 4.55. The van der Waals surface area contributed by atoms with Crippen molar-refractivity contribution in [3.05, 3.63) is 166 Å². The first kappa shape index (κ1) is 33.1. The smallest absolute Gasteiger partial charge is 0.272 e. The first-order chi connectivity index (χ1) is 22.7. The van der Waals surface area contributed by atoms with Crippen LogP contribution in [0.5, 0.6) is 0 Å². The van der Waals surface area contributed by atoms with Gasteiger partial charge in [-0.3, -0.25) is 19.2 Å². The zero-order valence-electron chi connectivity index (χ0n) is 25.3. The predicted octanol–water partition coefficient (Wildman–Crippen LogP) is 8.53. The third-order valence-electron chi connectivity index (χ3n) is 6.95. The van der Waals surface area contributed by atoms with Crippen molar-refractivity contribution in [1.82, 2.24) is 5.32 Å². The summed E-state index contributed by atoms with van der Waals surface area (Å²) in [5.41, 5.74) is 3.72. The highest BCUT2D eigenvalue weighted by atomic mass is 79.9. The summed E-state index contributed by atoms with van der Waals surface area (Å²) in [6.45, 7) is 1.50. The van der Waals surface area contributed by atoms with Gasteiger partial charge in [0.15, 0.2) is 5.78 Å². The predicted molar refractivity (Wildman–Crippen MR) is 191 cm³/mol. The van der Waals surface area contributed by atoms with E-state index in [1.54, 1.807) is 66.7 Å². The van der Waals surface area contributed by atoms with Gasteiger partial charge in [0.25, 0.3) is 11.8 Å². The minimum absolute atomic E-state index is 0.0474. The van der Waals surface area contributed by atoms with Gasteiger partial charge in [-0.25, -0.2) is 0 Å². The summed E-state index contributed by atoms with van der Waals surface area (Å²) in [5.74, 6) is -1.17. The molecule has 1 unspecified atom stereocenters. The number of carbonyl (C=O) groups is 4. The second-order valence-corrected chi connectivity index (χ2v) is 12.5. The maximum atomic E-state index is 13.5. The van der Waals surface area contributed by atoms with Crippen LogP contribution in [0.1, 0.15) is 44.0 Å². The Balaban J connectivity index is 1.32. The van der Waals surface area contributed by atoms with Crippen LogP contribution in [0, 0.1) is 0 Å². The Morgan fingerprint density at radius 2 is 1.30 bits per heavy atom. The number of halogens is 1. The Morgan fingerprint density at radius 1 is 0.681 bits per heavy atom. The van der Waals surface area contributed by atoms with Crippen molar-refractivity contribution in [2.24, 2.45) is 0 Å². The van der Waals surface area contributed by atoms with Crippen molar-refractivity contribution in [3.8, 4) is 0 Å². The van der Waals surface area contributed by atoms with E-state index in [9.17, 15) is 19.2 Å². The number of ketones is 1. The Morgan fingerprint density at radius 3 is 1.94 bits per heavy atom. The summed E-state index contributed by atoms with van der Waals surface area (Å²) in [6, 6.07) is 39.4. The number of nitrogens with one attached hydrogen (secondary N) is 3. The monoisotopic (exact) mass is 703 g/mol.